The molecule has 0 amide bonds. The maximum Gasteiger partial charge on any atom is 0.330 e. The Hall–Kier alpha value is -4.88. The molecule has 5 rings (SSSR count). The van der Waals surface area contributed by atoms with E-state index in [0.29, 0.717) is 13.2 Å². The van der Waals surface area contributed by atoms with Crippen molar-refractivity contribution in [1.82, 2.24) is 9.80 Å². The average molecular weight is 914 g/mol. The Morgan fingerprint density at radius 2 is 0.841 bits per heavy atom. The van der Waals surface area contributed by atoms with E-state index in [2.05, 4.69) is 95.4 Å². The van der Waals surface area contributed by atoms with Crippen LogP contribution in [0.2, 0.25) is 0 Å². The maximum absolute atomic E-state index is 12.0. The Balaban J connectivity index is -0.000000444. The van der Waals surface area contributed by atoms with Gasteiger partial charge in [0.25, 0.3) is 0 Å². The maximum atomic E-state index is 12.0. The molecule has 0 aliphatic rings. The summed E-state index contributed by atoms with van der Waals surface area (Å²) in [6, 6.07) is 44.7. The van der Waals surface area contributed by atoms with Gasteiger partial charge in [-0.2, -0.15) is 0 Å². The van der Waals surface area contributed by atoms with Gasteiger partial charge in [-0.3, -0.25) is 9.80 Å². The van der Waals surface area contributed by atoms with E-state index in [1.54, 1.807) is 12.2 Å². The Kier molecular flexibility index (Phi) is 49.5. The van der Waals surface area contributed by atoms with Crippen LogP contribution in [0.1, 0.15) is 43.5 Å². The first-order chi connectivity index (χ1) is 30.5. The molecule has 0 aromatic heterocycles. The summed E-state index contributed by atoms with van der Waals surface area (Å²) >= 11 is 9.28. The number of aliphatic hydroxyl groups excluding tert-OH is 4. The van der Waals surface area contributed by atoms with Gasteiger partial charge in [-0.15, -0.1) is 23.2 Å². The number of carbonyl (C=O) groups is 2. The number of alkyl halides is 2. The van der Waals surface area contributed by atoms with E-state index in [1.807, 2.05) is 84.9 Å². The summed E-state index contributed by atoms with van der Waals surface area (Å²) in [5.74, 6) is -0.608. The molecule has 0 radical (unpaired) electrons. The number of rotatable bonds is 16. The van der Waals surface area contributed by atoms with E-state index < -0.39 is 0 Å². The molecule has 0 aliphatic heterocycles. The predicted molar refractivity (Wildman–Crippen MR) is 268 cm³/mol. The largest absolute Gasteiger partial charge is 0.461 e. The standard InChI is InChI=1S/C24H25NO2.C20H23NO2.2CH3Cl.4CH4O.CH4/c1-2-25(19-21-8-4-3-5-9-21)16-17-27-24(26)15-13-20-12-14-22-10-6-7-11-23(22)18-20;1-2-21(17-19-11-7-4-8-12-19)15-16-23-20(22)14-13-18-9-5-3-6-10-18;6*1-2;/h3-15,18H,2,16-17,19H2,1H3;3-14H,2,15-17H2,1H3;2*1H3;4*2H,1H3;1H4/b15-13+;14-13+;;;;;;;. The van der Waals surface area contributed by atoms with Crippen molar-refractivity contribution in [3.05, 3.63) is 168 Å². The minimum atomic E-state index is -0.307. The predicted octanol–water partition coefficient (Wildman–Crippen LogP) is 9.46. The summed E-state index contributed by atoms with van der Waals surface area (Å²) in [7, 11) is 4.00. The summed E-state index contributed by atoms with van der Waals surface area (Å²) in [5.41, 5.74) is 4.51. The van der Waals surface area contributed by atoms with Gasteiger partial charge < -0.3 is 29.9 Å². The van der Waals surface area contributed by atoms with Crippen molar-refractivity contribution in [2.24, 2.45) is 0 Å². The Labute approximate surface area is 388 Å². The number of aliphatic hydroxyl groups is 4. The number of fused-ring (bicyclic) bond motifs is 1. The lowest BCUT2D eigenvalue weighted by atomic mass is 10.1. The van der Waals surface area contributed by atoms with Crippen LogP contribution < -0.4 is 0 Å². The van der Waals surface area contributed by atoms with Crippen LogP contribution in [0.15, 0.2) is 146 Å². The van der Waals surface area contributed by atoms with Crippen molar-refractivity contribution >= 4 is 58.1 Å². The van der Waals surface area contributed by atoms with Gasteiger partial charge in [0.15, 0.2) is 0 Å². The highest BCUT2D eigenvalue weighted by molar-refractivity contribution is 6.15. The third kappa shape index (κ3) is 32.5. The highest BCUT2D eigenvalue weighted by atomic mass is 35.5. The Morgan fingerprint density at radius 3 is 1.24 bits per heavy atom. The molecule has 0 bridgehead atoms. The quantitative estimate of drug-likeness (QED) is 0.0430. The second-order valence-electron chi connectivity index (χ2n) is 11.7. The van der Waals surface area contributed by atoms with E-state index in [9.17, 15) is 9.59 Å². The van der Waals surface area contributed by atoms with Crippen LogP contribution in [0, 0.1) is 0 Å². The van der Waals surface area contributed by atoms with E-state index in [1.165, 1.54) is 41.4 Å². The van der Waals surface area contributed by atoms with Crippen LogP contribution in [0.3, 0.4) is 0 Å². The first-order valence-corrected chi connectivity index (χ1v) is 21.3. The lowest BCUT2D eigenvalue weighted by Gasteiger charge is -2.20. The second kappa shape index (κ2) is 48.2. The van der Waals surface area contributed by atoms with E-state index in [0.717, 1.165) is 84.2 Å². The van der Waals surface area contributed by atoms with Crippen molar-refractivity contribution in [1.29, 1.82) is 0 Å². The van der Waals surface area contributed by atoms with Gasteiger partial charge in [0.1, 0.15) is 13.2 Å². The van der Waals surface area contributed by atoms with Crippen LogP contribution in [0.4, 0.5) is 0 Å². The topological polar surface area (TPSA) is 140 Å². The molecule has 0 spiro atoms. The minimum absolute atomic E-state index is 0. The van der Waals surface area contributed by atoms with Crippen LogP contribution in [-0.2, 0) is 32.2 Å². The molecule has 0 aliphatic carbocycles. The third-order valence-electron chi connectivity index (χ3n) is 8.09. The first-order valence-electron chi connectivity index (χ1n) is 19.8. The number of likely N-dealkylation sites (N-methyl/N-ethyl adjacent to an activating group) is 2. The first kappa shape index (κ1) is 64.7. The zero-order valence-corrected chi connectivity index (χ0v) is 39.3. The fourth-order valence-electron chi connectivity index (χ4n) is 5.23. The molecule has 0 saturated carbocycles. The molecular weight excluding hydrogens is 839 g/mol. The molecule has 350 valence electrons. The average Bonchev–Trinajstić information content (AvgIpc) is 3.36. The molecule has 12 heteroatoms. The van der Waals surface area contributed by atoms with Gasteiger partial charge in [0, 0.05) is 79.5 Å². The molecule has 4 N–H and O–H groups in total. The molecule has 5 aromatic rings. The fourth-order valence-corrected chi connectivity index (χ4v) is 5.23. The normalized spacial score (nSPS) is 9.46. The molecule has 0 atom stereocenters. The van der Waals surface area contributed by atoms with Crippen molar-refractivity contribution in [2.45, 2.75) is 34.4 Å². The monoisotopic (exact) mass is 912 g/mol. The summed E-state index contributed by atoms with van der Waals surface area (Å²) < 4.78 is 10.6. The summed E-state index contributed by atoms with van der Waals surface area (Å²) in [5, 5.41) is 30.3. The summed E-state index contributed by atoms with van der Waals surface area (Å²) in [4.78, 5) is 28.2. The molecule has 0 unspecified atom stereocenters. The van der Waals surface area contributed by atoms with Gasteiger partial charge >= 0.3 is 11.9 Å². The van der Waals surface area contributed by atoms with Crippen molar-refractivity contribution in [3.8, 4) is 0 Å². The SMILES string of the molecule is C.CCN(CCOC(=O)/C=C/c1ccc2ccccc2c1)Cc1ccccc1.CCN(CCOC(=O)/C=C/c1ccccc1)Cc1ccccc1.CCl.CCl.CO.CO.CO.CO. The van der Waals surface area contributed by atoms with Crippen LogP contribution in [0.5, 0.6) is 0 Å². The number of hydrogen-bond acceptors (Lipinski definition) is 10. The van der Waals surface area contributed by atoms with Crippen molar-refractivity contribution in [2.75, 3.05) is 80.6 Å². The molecule has 0 saturated heterocycles. The smallest absolute Gasteiger partial charge is 0.330 e. The molecule has 0 fully saturated rings. The lowest BCUT2D eigenvalue weighted by Crippen LogP contribution is -2.27. The van der Waals surface area contributed by atoms with Gasteiger partial charge in [-0.05, 0) is 64.3 Å². The van der Waals surface area contributed by atoms with Gasteiger partial charge in [0.2, 0.25) is 0 Å². The highest BCUT2D eigenvalue weighted by Crippen LogP contribution is 2.16. The van der Waals surface area contributed by atoms with Crippen LogP contribution >= 0.6 is 23.2 Å². The van der Waals surface area contributed by atoms with Crippen molar-refractivity contribution < 1.29 is 39.5 Å². The number of esters is 2. The number of hydrogen-bond donors (Lipinski definition) is 4. The summed E-state index contributed by atoms with van der Waals surface area (Å²) in [6.45, 7) is 10.0. The van der Waals surface area contributed by atoms with E-state index in [-0.39, 0.29) is 19.4 Å². The van der Waals surface area contributed by atoms with E-state index in [4.69, 9.17) is 29.9 Å². The van der Waals surface area contributed by atoms with Gasteiger partial charge in [-0.25, -0.2) is 9.59 Å². The van der Waals surface area contributed by atoms with Crippen LogP contribution in [-0.4, -0.2) is 123 Å². The zero-order valence-electron chi connectivity index (χ0n) is 37.7. The van der Waals surface area contributed by atoms with Gasteiger partial charge in [0.05, 0.1) is 0 Å². The van der Waals surface area contributed by atoms with Crippen molar-refractivity contribution in [3.63, 3.8) is 0 Å². The number of ether oxygens (including phenoxy) is 2. The highest BCUT2D eigenvalue weighted by Gasteiger charge is 2.06. The molecular formula is C51H74Cl2N2O8. The lowest BCUT2D eigenvalue weighted by molar-refractivity contribution is -0.139. The number of carbonyl (C=O) groups excluding carboxylic acids is 2. The second-order valence-corrected chi connectivity index (χ2v) is 11.7. The Morgan fingerprint density at radius 1 is 0.492 bits per heavy atom. The molecule has 63 heavy (non-hydrogen) atoms. The molecule has 5 aromatic carbocycles. The minimum Gasteiger partial charge on any atom is -0.461 e. The van der Waals surface area contributed by atoms with E-state index >= 15 is 0 Å². The third-order valence-corrected chi connectivity index (χ3v) is 8.09. The zero-order chi connectivity index (χ0) is 47.2. The molecule has 10 nitrogen and oxygen atoms in total. The number of halogens is 2. The molecule has 0 heterocycles. The van der Waals surface area contributed by atoms with Gasteiger partial charge in [-0.1, -0.05) is 149 Å². The fraction of sp³-hybridized carbons (Fsp3) is 0.333. The number of nitrogens with zero attached hydrogens (tertiary/aromatic N) is 2. The Bertz CT molecular complexity index is 1800. The summed E-state index contributed by atoms with van der Waals surface area (Å²) in [6.07, 6.45) is 9.49. The van der Waals surface area contributed by atoms with Crippen LogP contribution in [0.25, 0.3) is 22.9 Å². The number of benzene rings is 5.